The van der Waals surface area contributed by atoms with Crippen molar-refractivity contribution in [1.82, 2.24) is 0 Å². The first-order valence-electron chi connectivity index (χ1n) is 6.32. The van der Waals surface area contributed by atoms with Crippen molar-refractivity contribution in [2.45, 2.75) is 26.0 Å². The van der Waals surface area contributed by atoms with E-state index < -0.39 is 18.1 Å². The van der Waals surface area contributed by atoms with Gasteiger partial charge in [0.1, 0.15) is 11.9 Å². The zero-order valence-electron chi connectivity index (χ0n) is 11.3. The Morgan fingerprint density at radius 3 is 3.10 bits per heavy atom. The van der Waals surface area contributed by atoms with Crippen molar-refractivity contribution < 1.29 is 14.3 Å². The van der Waals surface area contributed by atoms with Crippen LogP contribution in [0.3, 0.4) is 0 Å². The lowest BCUT2D eigenvalue weighted by Gasteiger charge is -2.25. The Bertz CT molecular complexity index is 591. The molecule has 1 aliphatic heterocycles. The molecular weight excluding hydrogens is 258 g/mol. The summed E-state index contributed by atoms with van der Waals surface area (Å²) in [5.74, 6) is 0.0704. The standard InChI is InChI=1S/C14H15N3O3/c1-3-19-14(18)13(16-17-15)12-7-5-10-8-9(2)4-6-11(10)20-12/h4-8,12-13H,3H2,1-2H3. The van der Waals surface area contributed by atoms with Crippen LogP contribution < -0.4 is 4.74 Å². The van der Waals surface area contributed by atoms with Gasteiger partial charge in [-0.3, -0.25) is 4.79 Å². The lowest BCUT2D eigenvalue weighted by atomic mass is 10.0. The van der Waals surface area contributed by atoms with Crippen LogP contribution in [-0.2, 0) is 9.53 Å². The predicted octanol–water partition coefficient (Wildman–Crippen LogP) is 3.01. The van der Waals surface area contributed by atoms with Crippen LogP contribution in [0.15, 0.2) is 29.4 Å². The summed E-state index contributed by atoms with van der Waals surface area (Å²) in [6.45, 7) is 3.91. The third kappa shape index (κ3) is 2.92. The third-order valence-electron chi connectivity index (χ3n) is 2.91. The molecule has 0 aromatic heterocycles. The third-order valence-corrected chi connectivity index (χ3v) is 2.91. The Morgan fingerprint density at radius 2 is 2.40 bits per heavy atom. The van der Waals surface area contributed by atoms with E-state index in [1.165, 1.54) is 0 Å². The van der Waals surface area contributed by atoms with Crippen molar-refractivity contribution in [2.24, 2.45) is 5.11 Å². The average molecular weight is 273 g/mol. The Balaban J connectivity index is 2.24. The summed E-state index contributed by atoms with van der Waals surface area (Å²) in [6.07, 6.45) is 2.91. The van der Waals surface area contributed by atoms with Crippen molar-refractivity contribution in [3.63, 3.8) is 0 Å². The maximum atomic E-state index is 11.8. The number of esters is 1. The first-order chi connectivity index (χ1) is 9.65. The number of rotatable bonds is 4. The van der Waals surface area contributed by atoms with Crippen LogP contribution in [0.5, 0.6) is 5.75 Å². The van der Waals surface area contributed by atoms with E-state index in [4.69, 9.17) is 15.0 Å². The topological polar surface area (TPSA) is 84.3 Å². The van der Waals surface area contributed by atoms with Gasteiger partial charge in [-0.2, -0.15) is 0 Å². The molecule has 0 amide bonds. The number of fused-ring (bicyclic) bond motifs is 1. The number of hydrogen-bond acceptors (Lipinski definition) is 4. The van der Waals surface area contributed by atoms with Crippen molar-refractivity contribution in [1.29, 1.82) is 0 Å². The molecule has 6 heteroatoms. The van der Waals surface area contributed by atoms with Gasteiger partial charge in [-0.05, 0) is 37.6 Å². The fourth-order valence-electron chi connectivity index (χ4n) is 1.99. The quantitative estimate of drug-likeness (QED) is 0.366. The number of benzene rings is 1. The van der Waals surface area contributed by atoms with Gasteiger partial charge in [-0.1, -0.05) is 22.8 Å². The van der Waals surface area contributed by atoms with E-state index in [1.54, 1.807) is 13.0 Å². The number of ether oxygens (including phenoxy) is 2. The Morgan fingerprint density at radius 1 is 1.60 bits per heavy atom. The highest BCUT2D eigenvalue weighted by molar-refractivity contribution is 5.78. The Labute approximate surface area is 116 Å². The van der Waals surface area contributed by atoms with Crippen molar-refractivity contribution in [3.8, 4) is 5.75 Å². The second-order valence-electron chi connectivity index (χ2n) is 4.38. The minimum absolute atomic E-state index is 0.225. The molecule has 0 bridgehead atoms. The molecule has 1 aromatic carbocycles. The molecule has 0 aliphatic carbocycles. The maximum absolute atomic E-state index is 11.8. The van der Waals surface area contributed by atoms with E-state index in [0.29, 0.717) is 5.75 Å². The highest BCUT2D eigenvalue weighted by Crippen LogP contribution is 2.28. The number of azide groups is 1. The van der Waals surface area contributed by atoms with Crippen molar-refractivity contribution >= 4 is 12.0 Å². The molecule has 2 atom stereocenters. The smallest absolute Gasteiger partial charge is 0.319 e. The summed E-state index contributed by atoms with van der Waals surface area (Å²) in [4.78, 5) is 14.5. The van der Waals surface area contributed by atoms with Gasteiger partial charge in [0.2, 0.25) is 0 Å². The number of aryl methyl sites for hydroxylation is 1. The van der Waals surface area contributed by atoms with E-state index in [2.05, 4.69) is 10.0 Å². The molecule has 20 heavy (non-hydrogen) atoms. The molecule has 6 nitrogen and oxygen atoms in total. The second kappa shape index (κ2) is 6.12. The first-order valence-corrected chi connectivity index (χ1v) is 6.32. The lowest BCUT2D eigenvalue weighted by molar-refractivity contribution is -0.146. The zero-order chi connectivity index (χ0) is 14.5. The second-order valence-corrected chi connectivity index (χ2v) is 4.38. The molecule has 0 saturated heterocycles. The van der Waals surface area contributed by atoms with Crippen LogP contribution >= 0.6 is 0 Å². The van der Waals surface area contributed by atoms with Crippen LogP contribution in [-0.4, -0.2) is 24.7 Å². The normalized spacial score (nSPS) is 17.4. The SMILES string of the molecule is CCOC(=O)C(N=[N+]=[N-])C1C=Cc2cc(C)ccc2O1. The van der Waals surface area contributed by atoms with Gasteiger partial charge in [0.05, 0.1) is 6.61 Å². The average Bonchev–Trinajstić information content (AvgIpc) is 2.44. The summed E-state index contributed by atoms with van der Waals surface area (Å²) < 4.78 is 10.6. The van der Waals surface area contributed by atoms with Crippen LogP contribution in [0.4, 0.5) is 0 Å². The van der Waals surface area contributed by atoms with Gasteiger partial charge in [-0.25, -0.2) is 0 Å². The molecule has 0 N–H and O–H groups in total. The van der Waals surface area contributed by atoms with Gasteiger partial charge < -0.3 is 9.47 Å². The molecule has 0 spiro atoms. The number of carbonyl (C=O) groups excluding carboxylic acids is 1. The highest BCUT2D eigenvalue weighted by atomic mass is 16.5. The van der Waals surface area contributed by atoms with Crippen LogP contribution in [0.1, 0.15) is 18.1 Å². The van der Waals surface area contributed by atoms with E-state index in [1.807, 2.05) is 31.2 Å². The van der Waals surface area contributed by atoms with Gasteiger partial charge in [0, 0.05) is 10.5 Å². The number of hydrogen-bond donors (Lipinski definition) is 0. The zero-order valence-corrected chi connectivity index (χ0v) is 11.3. The van der Waals surface area contributed by atoms with Gasteiger partial charge in [0.15, 0.2) is 6.04 Å². The summed E-state index contributed by atoms with van der Waals surface area (Å²) in [7, 11) is 0. The summed E-state index contributed by atoms with van der Waals surface area (Å²) in [5, 5.41) is 3.49. The minimum Gasteiger partial charge on any atom is -0.485 e. The van der Waals surface area contributed by atoms with Gasteiger partial charge >= 0.3 is 5.97 Å². The molecule has 1 aromatic rings. The van der Waals surface area contributed by atoms with E-state index in [-0.39, 0.29) is 6.61 Å². The molecule has 0 fully saturated rings. The fraction of sp³-hybridized carbons (Fsp3) is 0.357. The Hall–Kier alpha value is -2.46. The number of nitrogens with zero attached hydrogens (tertiary/aromatic N) is 3. The van der Waals surface area contributed by atoms with Crippen molar-refractivity contribution in [2.75, 3.05) is 6.61 Å². The Kier molecular flexibility index (Phi) is 4.27. The van der Waals surface area contributed by atoms with Gasteiger partial charge in [-0.15, -0.1) is 0 Å². The van der Waals surface area contributed by atoms with Crippen LogP contribution in [0, 0.1) is 6.92 Å². The summed E-state index contributed by atoms with van der Waals surface area (Å²) in [6, 6.07) is 4.71. The van der Waals surface area contributed by atoms with E-state index in [9.17, 15) is 4.79 Å². The maximum Gasteiger partial charge on any atom is 0.319 e. The molecule has 1 aliphatic rings. The highest BCUT2D eigenvalue weighted by Gasteiger charge is 2.30. The molecule has 104 valence electrons. The molecular formula is C14H15N3O3. The molecule has 0 saturated carbocycles. The van der Waals surface area contributed by atoms with Gasteiger partial charge in [0.25, 0.3) is 0 Å². The molecule has 0 radical (unpaired) electrons. The predicted molar refractivity (Wildman–Crippen MR) is 74.2 cm³/mol. The van der Waals surface area contributed by atoms with Crippen molar-refractivity contribution in [3.05, 3.63) is 45.8 Å². The number of carbonyl (C=O) groups is 1. The molecule has 2 unspecified atom stereocenters. The largest absolute Gasteiger partial charge is 0.485 e. The van der Waals surface area contributed by atoms with E-state index in [0.717, 1.165) is 11.1 Å². The minimum atomic E-state index is -1.02. The fourth-order valence-corrected chi connectivity index (χ4v) is 1.99. The van der Waals surface area contributed by atoms with E-state index >= 15 is 0 Å². The summed E-state index contributed by atoms with van der Waals surface area (Å²) in [5.41, 5.74) is 10.6. The molecule has 2 rings (SSSR count). The lowest BCUT2D eigenvalue weighted by Crippen LogP contribution is -2.37. The monoisotopic (exact) mass is 273 g/mol. The first kappa shape index (κ1) is 14.0. The van der Waals surface area contributed by atoms with Crippen LogP contribution in [0.2, 0.25) is 0 Å². The van der Waals surface area contributed by atoms with Crippen LogP contribution in [0.25, 0.3) is 16.5 Å². The summed E-state index contributed by atoms with van der Waals surface area (Å²) >= 11 is 0. The molecule has 1 heterocycles.